The fraction of sp³-hybridized carbons (Fsp3) is 0.909. The Bertz CT molecular complexity index is 266. The summed E-state index contributed by atoms with van der Waals surface area (Å²) in [6.07, 6.45) is 0. The first-order chi connectivity index (χ1) is 7.61. The Kier molecular flexibility index (Phi) is 3.47. The summed E-state index contributed by atoms with van der Waals surface area (Å²) < 4.78 is 10.9. The number of carbonyl (C=O) groups is 1. The number of morpholine rings is 1. The number of amides is 1. The van der Waals surface area contributed by atoms with Crippen LogP contribution in [0.2, 0.25) is 0 Å². The van der Waals surface area contributed by atoms with Crippen LogP contribution in [0, 0.1) is 0 Å². The van der Waals surface area contributed by atoms with Gasteiger partial charge in [-0.15, -0.1) is 0 Å². The van der Waals surface area contributed by atoms with E-state index < -0.39 is 0 Å². The lowest BCUT2D eigenvalue weighted by Gasteiger charge is -2.40. The van der Waals surface area contributed by atoms with Gasteiger partial charge in [-0.05, 0) is 13.8 Å². The quantitative estimate of drug-likeness (QED) is 0.715. The molecule has 0 spiro atoms. The molecule has 0 bridgehead atoms. The van der Waals surface area contributed by atoms with Crippen LogP contribution in [0.4, 0.5) is 0 Å². The van der Waals surface area contributed by atoms with E-state index in [1.54, 1.807) is 0 Å². The molecule has 1 atom stereocenters. The van der Waals surface area contributed by atoms with Gasteiger partial charge in [0.05, 0.1) is 24.9 Å². The minimum Gasteiger partial charge on any atom is -0.377 e. The summed E-state index contributed by atoms with van der Waals surface area (Å²) in [5.74, 6) is 0.0731. The molecule has 0 radical (unpaired) electrons. The summed E-state index contributed by atoms with van der Waals surface area (Å²) >= 11 is 0. The standard InChI is InChI=1S/C11H20N2O3/c1-9-5-15-4-3-13(9)10(14)6-16-11(2)7-12-8-11/h9,12H,3-8H2,1-2H3/t9-/m1/s1. The van der Waals surface area contributed by atoms with Gasteiger partial charge in [0.15, 0.2) is 0 Å². The van der Waals surface area contributed by atoms with Crippen molar-refractivity contribution >= 4 is 5.91 Å². The summed E-state index contributed by atoms with van der Waals surface area (Å²) in [5.41, 5.74) is -0.148. The number of rotatable bonds is 3. The molecule has 0 saturated carbocycles. The van der Waals surface area contributed by atoms with E-state index >= 15 is 0 Å². The summed E-state index contributed by atoms with van der Waals surface area (Å²) in [6, 6.07) is 0.164. The first-order valence-electron chi connectivity index (χ1n) is 5.83. The molecule has 16 heavy (non-hydrogen) atoms. The van der Waals surface area contributed by atoms with Gasteiger partial charge in [0.25, 0.3) is 0 Å². The molecule has 2 fully saturated rings. The summed E-state index contributed by atoms with van der Waals surface area (Å²) in [6.45, 7) is 7.82. The lowest BCUT2D eigenvalue weighted by atomic mass is 10.0. The monoisotopic (exact) mass is 228 g/mol. The molecule has 5 heteroatoms. The normalized spacial score (nSPS) is 28.6. The van der Waals surface area contributed by atoms with Crippen LogP contribution in [0.25, 0.3) is 0 Å². The Morgan fingerprint density at radius 2 is 2.38 bits per heavy atom. The molecule has 1 N–H and O–H groups in total. The number of ether oxygens (including phenoxy) is 2. The predicted octanol–water partition coefficient (Wildman–Crippen LogP) is -0.388. The van der Waals surface area contributed by atoms with Crippen LogP contribution in [-0.4, -0.2) is 61.9 Å². The number of hydrogen-bond donors (Lipinski definition) is 1. The molecule has 92 valence electrons. The maximum absolute atomic E-state index is 11.9. The Morgan fingerprint density at radius 3 is 2.94 bits per heavy atom. The second-order valence-corrected chi connectivity index (χ2v) is 4.85. The summed E-state index contributed by atoms with van der Waals surface area (Å²) in [7, 11) is 0. The van der Waals surface area contributed by atoms with Crippen molar-refractivity contribution < 1.29 is 14.3 Å². The van der Waals surface area contributed by atoms with Crippen molar-refractivity contribution in [3.63, 3.8) is 0 Å². The molecule has 2 saturated heterocycles. The molecule has 0 aromatic rings. The average molecular weight is 228 g/mol. The Morgan fingerprint density at radius 1 is 1.62 bits per heavy atom. The average Bonchev–Trinajstić information content (AvgIpc) is 2.24. The van der Waals surface area contributed by atoms with Crippen LogP contribution in [0.1, 0.15) is 13.8 Å². The van der Waals surface area contributed by atoms with Crippen molar-refractivity contribution in [2.24, 2.45) is 0 Å². The van der Waals surface area contributed by atoms with E-state index in [2.05, 4.69) is 5.32 Å². The van der Waals surface area contributed by atoms with Gasteiger partial charge in [0, 0.05) is 19.6 Å². The highest BCUT2D eigenvalue weighted by molar-refractivity contribution is 5.77. The molecule has 5 nitrogen and oxygen atoms in total. The van der Waals surface area contributed by atoms with Gasteiger partial charge in [-0.25, -0.2) is 0 Å². The molecule has 2 aliphatic rings. The van der Waals surface area contributed by atoms with Crippen molar-refractivity contribution in [3.8, 4) is 0 Å². The van der Waals surface area contributed by atoms with Crippen molar-refractivity contribution in [1.29, 1.82) is 0 Å². The van der Waals surface area contributed by atoms with E-state index in [1.165, 1.54) is 0 Å². The smallest absolute Gasteiger partial charge is 0.248 e. The summed E-state index contributed by atoms with van der Waals surface area (Å²) in [5, 5.41) is 3.14. The van der Waals surface area contributed by atoms with Crippen LogP contribution in [-0.2, 0) is 14.3 Å². The van der Waals surface area contributed by atoms with Gasteiger partial charge in [-0.2, -0.15) is 0 Å². The fourth-order valence-electron chi connectivity index (χ4n) is 2.00. The largest absolute Gasteiger partial charge is 0.377 e. The second kappa shape index (κ2) is 4.69. The lowest BCUT2D eigenvalue weighted by Crippen LogP contribution is -2.60. The SMILES string of the molecule is C[C@@H]1COCCN1C(=O)COC1(C)CNC1. The van der Waals surface area contributed by atoms with Crippen LogP contribution >= 0.6 is 0 Å². The fourth-order valence-corrected chi connectivity index (χ4v) is 2.00. The van der Waals surface area contributed by atoms with Crippen molar-refractivity contribution in [1.82, 2.24) is 10.2 Å². The van der Waals surface area contributed by atoms with Crippen LogP contribution < -0.4 is 5.32 Å². The van der Waals surface area contributed by atoms with Crippen LogP contribution in [0.15, 0.2) is 0 Å². The van der Waals surface area contributed by atoms with Gasteiger partial charge in [-0.3, -0.25) is 4.79 Å². The minimum atomic E-state index is -0.148. The third-order valence-corrected chi connectivity index (χ3v) is 3.23. The zero-order chi connectivity index (χ0) is 11.6. The van der Waals surface area contributed by atoms with E-state index in [4.69, 9.17) is 9.47 Å². The maximum Gasteiger partial charge on any atom is 0.248 e. The molecule has 0 aliphatic carbocycles. The van der Waals surface area contributed by atoms with E-state index in [9.17, 15) is 4.79 Å². The number of carbonyl (C=O) groups excluding carboxylic acids is 1. The van der Waals surface area contributed by atoms with Gasteiger partial charge >= 0.3 is 0 Å². The second-order valence-electron chi connectivity index (χ2n) is 4.85. The van der Waals surface area contributed by atoms with Gasteiger partial charge in [0.2, 0.25) is 5.91 Å². The van der Waals surface area contributed by atoms with Crippen molar-refractivity contribution in [2.75, 3.05) is 39.5 Å². The van der Waals surface area contributed by atoms with E-state index in [1.807, 2.05) is 18.7 Å². The third-order valence-electron chi connectivity index (χ3n) is 3.23. The number of hydrogen-bond acceptors (Lipinski definition) is 4. The maximum atomic E-state index is 11.9. The van der Waals surface area contributed by atoms with Crippen molar-refractivity contribution in [2.45, 2.75) is 25.5 Å². The minimum absolute atomic E-state index is 0.0731. The zero-order valence-electron chi connectivity index (χ0n) is 9.99. The molecular formula is C11H20N2O3. The zero-order valence-corrected chi connectivity index (χ0v) is 9.99. The first kappa shape index (κ1) is 11.8. The number of nitrogens with one attached hydrogen (secondary N) is 1. The predicted molar refractivity (Wildman–Crippen MR) is 59.2 cm³/mol. The Balaban J connectivity index is 1.78. The first-order valence-corrected chi connectivity index (χ1v) is 5.83. The van der Waals surface area contributed by atoms with Crippen molar-refractivity contribution in [3.05, 3.63) is 0 Å². The highest BCUT2D eigenvalue weighted by atomic mass is 16.5. The van der Waals surface area contributed by atoms with Crippen LogP contribution in [0.5, 0.6) is 0 Å². The Hall–Kier alpha value is -0.650. The molecule has 1 amide bonds. The Labute approximate surface area is 96.1 Å². The molecule has 2 rings (SSSR count). The van der Waals surface area contributed by atoms with E-state index in [-0.39, 0.29) is 24.2 Å². The lowest BCUT2D eigenvalue weighted by molar-refractivity contribution is -0.153. The van der Waals surface area contributed by atoms with Gasteiger partial charge in [0.1, 0.15) is 6.61 Å². The van der Waals surface area contributed by atoms with E-state index in [0.29, 0.717) is 19.8 Å². The molecule has 0 aromatic heterocycles. The van der Waals surface area contributed by atoms with E-state index in [0.717, 1.165) is 13.1 Å². The van der Waals surface area contributed by atoms with Crippen LogP contribution in [0.3, 0.4) is 0 Å². The molecule has 0 aromatic carbocycles. The van der Waals surface area contributed by atoms with Gasteiger partial charge in [-0.1, -0.05) is 0 Å². The topological polar surface area (TPSA) is 50.8 Å². The molecule has 2 heterocycles. The van der Waals surface area contributed by atoms with Gasteiger partial charge < -0.3 is 19.7 Å². The molecular weight excluding hydrogens is 208 g/mol. The highest BCUT2D eigenvalue weighted by Crippen LogP contribution is 2.16. The molecule has 2 aliphatic heterocycles. The molecule has 0 unspecified atom stereocenters. The number of nitrogens with zero attached hydrogens (tertiary/aromatic N) is 1. The summed E-state index contributed by atoms with van der Waals surface area (Å²) in [4.78, 5) is 13.8. The third kappa shape index (κ3) is 2.53. The highest BCUT2D eigenvalue weighted by Gasteiger charge is 2.34.